The van der Waals surface area contributed by atoms with Crippen LogP contribution in [0.15, 0.2) is 0 Å². The predicted molar refractivity (Wildman–Crippen MR) is 55.5 cm³/mol. The standard InChI is InChI=1S/C10H20N2O2/c1-5-12(6-2,7-8-13)10(14)9-11(3)4/h5-7,9H2,1-4H3/q+1. The second-order valence-electron chi connectivity index (χ2n) is 3.71. The van der Waals surface area contributed by atoms with E-state index in [0.29, 0.717) is 19.6 Å². The van der Waals surface area contributed by atoms with Gasteiger partial charge in [0.1, 0.15) is 6.54 Å². The highest BCUT2D eigenvalue weighted by molar-refractivity contribution is 5.73. The van der Waals surface area contributed by atoms with Crippen molar-refractivity contribution in [3.05, 3.63) is 0 Å². The summed E-state index contributed by atoms with van der Waals surface area (Å²) in [6, 6.07) is 0. The van der Waals surface area contributed by atoms with E-state index in [9.17, 15) is 9.59 Å². The van der Waals surface area contributed by atoms with E-state index in [-0.39, 0.29) is 16.9 Å². The van der Waals surface area contributed by atoms with Crippen molar-refractivity contribution in [1.82, 2.24) is 4.90 Å². The molecule has 0 aliphatic rings. The molecule has 14 heavy (non-hydrogen) atoms. The van der Waals surface area contributed by atoms with Crippen LogP contribution in [-0.2, 0) is 9.59 Å². The van der Waals surface area contributed by atoms with Gasteiger partial charge in [-0.15, -0.1) is 0 Å². The average Bonchev–Trinajstić information content (AvgIpc) is 2.13. The molecule has 0 heterocycles. The second kappa shape index (κ2) is 5.88. The number of carbonyl (C=O) groups excluding carboxylic acids is 2. The molecule has 0 aromatic carbocycles. The molecule has 1 radical (unpaired) electrons. The molecule has 0 aromatic heterocycles. The van der Waals surface area contributed by atoms with E-state index < -0.39 is 0 Å². The molecule has 0 bridgehead atoms. The smallest absolute Gasteiger partial charge is 0.297 e. The van der Waals surface area contributed by atoms with Crippen LogP contribution >= 0.6 is 0 Å². The lowest BCUT2D eigenvalue weighted by Gasteiger charge is -2.32. The SMILES string of the molecule is CC[N+](CC)(C[C]=O)C(=O)CN(C)C. The first kappa shape index (κ1) is 13.3. The molecule has 4 nitrogen and oxygen atoms in total. The Hall–Kier alpha value is -0.740. The van der Waals surface area contributed by atoms with Gasteiger partial charge in [0.15, 0.2) is 6.54 Å². The molecular weight excluding hydrogens is 180 g/mol. The van der Waals surface area contributed by atoms with Crippen molar-refractivity contribution in [2.24, 2.45) is 0 Å². The molecule has 0 N–H and O–H groups in total. The van der Waals surface area contributed by atoms with Crippen molar-refractivity contribution in [3.8, 4) is 0 Å². The molecule has 0 aliphatic heterocycles. The van der Waals surface area contributed by atoms with E-state index in [2.05, 4.69) is 0 Å². The van der Waals surface area contributed by atoms with Crippen LogP contribution in [0.2, 0.25) is 0 Å². The van der Waals surface area contributed by atoms with E-state index in [1.165, 1.54) is 0 Å². The molecule has 0 spiro atoms. The number of quaternary nitrogens is 1. The monoisotopic (exact) mass is 200 g/mol. The summed E-state index contributed by atoms with van der Waals surface area (Å²) >= 11 is 0. The van der Waals surface area contributed by atoms with Crippen LogP contribution in [-0.4, -0.2) is 61.9 Å². The molecule has 0 atom stereocenters. The predicted octanol–water partition coefficient (Wildman–Crippen LogP) is 0.0409. The van der Waals surface area contributed by atoms with Gasteiger partial charge in [0, 0.05) is 0 Å². The molecule has 4 heteroatoms. The Morgan fingerprint density at radius 1 is 1.29 bits per heavy atom. The third-order valence-corrected chi connectivity index (χ3v) is 2.56. The van der Waals surface area contributed by atoms with Gasteiger partial charge in [-0.1, -0.05) is 0 Å². The van der Waals surface area contributed by atoms with Crippen LogP contribution in [0.25, 0.3) is 0 Å². The van der Waals surface area contributed by atoms with E-state index in [0.717, 1.165) is 0 Å². The summed E-state index contributed by atoms with van der Waals surface area (Å²) < 4.78 is 0.210. The fraction of sp³-hybridized carbons (Fsp3) is 0.800. The van der Waals surface area contributed by atoms with Gasteiger partial charge in [-0.2, -0.15) is 0 Å². The third-order valence-electron chi connectivity index (χ3n) is 2.56. The van der Waals surface area contributed by atoms with Crippen molar-refractivity contribution >= 4 is 12.2 Å². The number of rotatable bonds is 6. The first-order valence-electron chi connectivity index (χ1n) is 4.91. The highest BCUT2D eigenvalue weighted by atomic mass is 16.2. The number of hydrogen-bond acceptors (Lipinski definition) is 3. The van der Waals surface area contributed by atoms with Crippen molar-refractivity contribution in [1.29, 1.82) is 0 Å². The van der Waals surface area contributed by atoms with E-state index in [1.807, 2.05) is 39.1 Å². The minimum atomic E-state index is 0.0864. The van der Waals surface area contributed by atoms with Gasteiger partial charge in [-0.05, 0) is 27.9 Å². The number of carbonyl (C=O) groups is 1. The van der Waals surface area contributed by atoms with Gasteiger partial charge in [0.25, 0.3) is 6.29 Å². The molecule has 0 rings (SSSR count). The van der Waals surface area contributed by atoms with E-state index >= 15 is 0 Å². The lowest BCUT2D eigenvalue weighted by Crippen LogP contribution is -2.56. The Labute approximate surface area is 86.1 Å². The normalized spacial score (nSPS) is 11.8. The van der Waals surface area contributed by atoms with Gasteiger partial charge in [0.2, 0.25) is 0 Å². The molecule has 0 fully saturated rings. The third kappa shape index (κ3) is 3.20. The minimum absolute atomic E-state index is 0.0864. The lowest BCUT2D eigenvalue weighted by molar-refractivity contribution is -0.841. The van der Waals surface area contributed by atoms with Crippen LogP contribution < -0.4 is 0 Å². The topological polar surface area (TPSA) is 37.4 Å². The Bertz CT molecular complexity index is 198. The first-order valence-corrected chi connectivity index (χ1v) is 4.91. The maximum atomic E-state index is 11.9. The zero-order chi connectivity index (χ0) is 11.2. The van der Waals surface area contributed by atoms with Gasteiger partial charge in [-0.25, -0.2) is 4.79 Å². The number of nitrogens with zero attached hydrogens (tertiary/aromatic N) is 2. The highest BCUT2D eigenvalue weighted by Crippen LogP contribution is 2.06. The van der Waals surface area contributed by atoms with Gasteiger partial charge in [0.05, 0.1) is 13.1 Å². The Morgan fingerprint density at radius 3 is 2.07 bits per heavy atom. The minimum Gasteiger partial charge on any atom is -0.297 e. The summed E-state index contributed by atoms with van der Waals surface area (Å²) in [5.41, 5.74) is 0. The first-order chi connectivity index (χ1) is 6.52. The zero-order valence-corrected chi connectivity index (χ0v) is 9.54. The zero-order valence-electron chi connectivity index (χ0n) is 9.54. The van der Waals surface area contributed by atoms with Gasteiger partial charge >= 0.3 is 5.91 Å². The number of hydrogen-bond donors (Lipinski definition) is 0. The van der Waals surface area contributed by atoms with E-state index in [4.69, 9.17) is 0 Å². The molecule has 0 aromatic rings. The summed E-state index contributed by atoms with van der Waals surface area (Å²) in [4.78, 5) is 24.1. The second-order valence-corrected chi connectivity index (χ2v) is 3.71. The summed E-state index contributed by atoms with van der Waals surface area (Å²) in [6.07, 6.45) is 1.85. The van der Waals surface area contributed by atoms with Crippen molar-refractivity contribution in [2.45, 2.75) is 13.8 Å². The summed E-state index contributed by atoms with van der Waals surface area (Å²) in [6.45, 7) is 5.70. The van der Waals surface area contributed by atoms with Crippen LogP contribution in [0.4, 0.5) is 0 Å². The fourth-order valence-electron chi connectivity index (χ4n) is 1.43. The van der Waals surface area contributed by atoms with Gasteiger partial charge < -0.3 is 0 Å². The van der Waals surface area contributed by atoms with Crippen LogP contribution in [0.3, 0.4) is 0 Å². The van der Waals surface area contributed by atoms with Gasteiger partial charge in [-0.3, -0.25) is 14.2 Å². The summed E-state index contributed by atoms with van der Waals surface area (Å²) in [5, 5.41) is 0. The molecule has 0 saturated heterocycles. The largest absolute Gasteiger partial charge is 0.328 e. The number of amides is 1. The lowest BCUT2D eigenvalue weighted by atomic mass is 10.3. The van der Waals surface area contributed by atoms with Crippen LogP contribution in [0, 0.1) is 0 Å². The Balaban J connectivity index is 4.61. The number of likely N-dealkylation sites (N-methyl/N-ethyl adjacent to an activating group) is 2. The summed E-state index contributed by atoms with van der Waals surface area (Å²) in [5.74, 6) is 0.0864. The molecule has 1 amide bonds. The molecule has 0 aliphatic carbocycles. The van der Waals surface area contributed by atoms with Crippen molar-refractivity contribution in [2.75, 3.05) is 40.3 Å². The van der Waals surface area contributed by atoms with Crippen LogP contribution in [0.1, 0.15) is 13.8 Å². The maximum absolute atomic E-state index is 11.9. The van der Waals surface area contributed by atoms with E-state index in [1.54, 1.807) is 0 Å². The van der Waals surface area contributed by atoms with Crippen LogP contribution in [0.5, 0.6) is 0 Å². The quantitative estimate of drug-likeness (QED) is 0.568. The highest BCUT2D eigenvalue weighted by Gasteiger charge is 2.32. The molecule has 0 unspecified atom stereocenters. The van der Waals surface area contributed by atoms with Crippen molar-refractivity contribution in [3.63, 3.8) is 0 Å². The summed E-state index contributed by atoms with van der Waals surface area (Å²) in [7, 11) is 3.70. The molecular formula is C10H20N2O2+. The maximum Gasteiger partial charge on any atom is 0.328 e. The molecule has 0 saturated carbocycles. The Kier molecular flexibility index (Phi) is 5.57. The molecule has 81 valence electrons. The Morgan fingerprint density at radius 2 is 1.79 bits per heavy atom. The van der Waals surface area contributed by atoms with Crippen molar-refractivity contribution < 1.29 is 14.1 Å². The fourth-order valence-corrected chi connectivity index (χ4v) is 1.43. The average molecular weight is 200 g/mol.